The van der Waals surface area contributed by atoms with Gasteiger partial charge >= 0.3 is 0 Å². The molecule has 1 atom stereocenters. The van der Waals surface area contributed by atoms with Crippen molar-refractivity contribution in [3.63, 3.8) is 0 Å². The quantitative estimate of drug-likeness (QED) is 0.943. The topological polar surface area (TPSA) is 46.2 Å². The van der Waals surface area contributed by atoms with E-state index in [4.69, 9.17) is 0 Å². The molecule has 0 radical (unpaired) electrons. The third-order valence-corrected chi connectivity index (χ3v) is 4.37. The molecule has 0 fully saturated rings. The molecule has 0 aliphatic carbocycles. The van der Waals surface area contributed by atoms with Gasteiger partial charge in [-0.25, -0.2) is 21.9 Å². The predicted molar refractivity (Wildman–Crippen MR) is 71.5 cm³/mol. The molecule has 2 aromatic carbocycles. The van der Waals surface area contributed by atoms with Crippen LogP contribution in [0.25, 0.3) is 0 Å². The number of benzene rings is 2. The summed E-state index contributed by atoms with van der Waals surface area (Å²) in [6.07, 6.45) is 0. The molecule has 2 rings (SSSR count). The van der Waals surface area contributed by atoms with Crippen molar-refractivity contribution in [1.29, 1.82) is 0 Å². The molecule has 0 amide bonds. The van der Waals surface area contributed by atoms with Crippen LogP contribution in [0.1, 0.15) is 18.5 Å². The minimum atomic E-state index is -3.78. The lowest BCUT2D eigenvalue weighted by Crippen LogP contribution is -2.27. The number of hydrogen-bond acceptors (Lipinski definition) is 2. The van der Waals surface area contributed by atoms with Gasteiger partial charge in [-0.3, -0.25) is 0 Å². The van der Waals surface area contributed by atoms with E-state index in [-0.39, 0.29) is 10.5 Å². The second kappa shape index (κ2) is 5.68. The Balaban J connectivity index is 2.28. The molecule has 1 N–H and O–H groups in total. The zero-order valence-corrected chi connectivity index (χ0v) is 11.5. The molecule has 0 spiro atoms. The lowest BCUT2D eigenvalue weighted by molar-refractivity contribution is 0.541. The zero-order chi connectivity index (χ0) is 14.8. The van der Waals surface area contributed by atoms with Gasteiger partial charge in [-0.1, -0.05) is 18.2 Å². The molecule has 0 aliphatic heterocycles. The van der Waals surface area contributed by atoms with Crippen LogP contribution in [0.4, 0.5) is 8.78 Å². The van der Waals surface area contributed by atoms with E-state index >= 15 is 0 Å². The van der Waals surface area contributed by atoms with Crippen molar-refractivity contribution in [3.8, 4) is 0 Å². The summed E-state index contributed by atoms with van der Waals surface area (Å²) in [6, 6.07) is 9.77. The van der Waals surface area contributed by atoms with Crippen LogP contribution >= 0.6 is 0 Å². The highest BCUT2D eigenvalue weighted by atomic mass is 32.2. The Morgan fingerprint density at radius 1 is 1.05 bits per heavy atom. The Bertz CT molecular complexity index is 702. The van der Waals surface area contributed by atoms with E-state index in [1.165, 1.54) is 19.1 Å². The van der Waals surface area contributed by atoms with Crippen LogP contribution in [0.15, 0.2) is 53.4 Å². The number of hydrogen-bond donors (Lipinski definition) is 1. The van der Waals surface area contributed by atoms with Gasteiger partial charge in [0.05, 0.1) is 4.90 Å². The summed E-state index contributed by atoms with van der Waals surface area (Å²) in [5.41, 5.74) is -0.0375. The van der Waals surface area contributed by atoms with E-state index in [2.05, 4.69) is 4.72 Å². The molecule has 0 aromatic heterocycles. The summed E-state index contributed by atoms with van der Waals surface area (Å²) in [7, 11) is -3.78. The average molecular weight is 297 g/mol. The van der Waals surface area contributed by atoms with Gasteiger partial charge in [0.15, 0.2) is 0 Å². The van der Waals surface area contributed by atoms with Crippen molar-refractivity contribution in [2.75, 3.05) is 0 Å². The second-order valence-corrected chi connectivity index (χ2v) is 6.04. The fourth-order valence-corrected chi connectivity index (χ4v) is 3.05. The Morgan fingerprint density at radius 2 is 1.70 bits per heavy atom. The highest BCUT2D eigenvalue weighted by Gasteiger charge is 2.20. The zero-order valence-electron chi connectivity index (χ0n) is 10.7. The molecule has 20 heavy (non-hydrogen) atoms. The van der Waals surface area contributed by atoms with E-state index in [9.17, 15) is 17.2 Å². The fourth-order valence-electron chi connectivity index (χ4n) is 1.81. The Hall–Kier alpha value is -1.79. The van der Waals surface area contributed by atoms with Crippen molar-refractivity contribution >= 4 is 10.0 Å². The second-order valence-electron chi connectivity index (χ2n) is 4.32. The molecule has 0 saturated carbocycles. The van der Waals surface area contributed by atoms with Crippen LogP contribution in [-0.2, 0) is 10.0 Å². The Morgan fingerprint density at radius 3 is 2.35 bits per heavy atom. The van der Waals surface area contributed by atoms with Gasteiger partial charge in [0.2, 0.25) is 10.0 Å². The van der Waals surface area contributed by atoms with Crippen LogP contribution in [0.5, 0.6) is 0 Å². The van der Waals surface area contributed by atoms with Gasteiger partial charge in [-0.2, -0.15) is 0 Å². The molecule has 6 heteroatoms. The third kappa shape index (κ3) is 3.20. The maximum atomic E-state index is 13.6. The minimum absolute atomic E-state index is 0.0375. The first-order valence-corrected chi connectivity index (χ1v) is 7.41. The smallest absolute Gasteiger partial charge is 0.207 e. The molecule has 2 aromatic rings. The van der Waals surface area contributed by atoms with E-state index in [0.29, 0.717) is 0 Å². The van der Waals surface area contributed by atoms with Crippen molar-refractivity contribution in [2.24, 2.45) is 0 Å². The molecule has 0 saturated heterocycles. The SMILES string of the molecule is CC(NS(=O)(=O)c1ccccc1)c1cc(F)ccc1F. The number of nitrogens with one attached hydrogen (secondary N) is 1. The Labute approximate surface area is 116 Å². The number of halogens is 2. The summed E-state index contributed by atoms with van der Waals surface area (Å²) >= 11 is 0. The minimum Gasteiger partial charge on any atom is -0.207 e. The van der Waals surface area contributed by atoms with Gasteiger partial charge in [-0.15, -0.1) is 0 Å². The summed E-state index contributed by atoms with van der Waals surface area (Å²) in [5.74, 6) is -1.28. The maximum Gasteiger partial charge on any atom is 0.241 e. The van der Waals surface area contributed by atoms with E-state index in [0.717, 1.165) is 18.2 Å². The molecule has 106 valence electrons. The van der Waals surface area contributed by atoms with Crippen molar-refractivity contribution in [1.82, 2.24) is 4.72 Å². The number of rotatable bonds is 4. The Kier molecular flexibility index (Phi) is 4.15. The molecule has 1 unspecified atom stereocenters. The normalized spacial score (nSPS) is 13.2. The summed E-state index contributed by atoms with van der Waals surface area (Å²) in [6.45, 7) is 1.46. The van der Waals surface area contributed by atoms with Gasteiger partial charge < -0.3 is 0 Å². The summed E-state index contributed by atoms with van der Waals surface area (Å²) < 4.78 is 53.2. The van der Waals surface area contributed by atoms with Crippen LogP contribution in [0.3, 0.4) is 0 Å². The molecule has 0 heterocycles. The largest absolute Gasteiger partial charge is 0.241 e. The standard InChI is InChI=1S/C14H13F2NO2S/c1-10(13-9-11(15)7-8-14(13)16)17-20(18,19)12-5-3-2-4-6-12/h2-10,17H,1H3. The maximum absolute atomic E-state index is 13.6. The van der Waals surface area contributed by atoms with Crippen LogP contribution in [0, 0.1) is 11.6 Å². The fraction of sp³-hybridized carbons (Fsp3) is 0.143. The van der Waals surface area contributed by atoms with Gasteiger partial charge in [0.1, 0.15) is 11.6 Å². The van der Waals surface area contributed by atoms with Gasteiger partial charge in [0, 0.05) is 11.6 Å². The molecule has 0 aliphatic rings. The van der Waals surface area contributed by atoms with Gasteiger partial charge in [0.25, 0.3) is 0 Å². The molecule has 0 bridgehead atoms. The van der Waals surface area contributed by atoms with E-state index < -0.39 is 27.7 Å². The van der Waals surface area contributed by atoms with E-state index in [1.807, 2.05) is 0 Å². The predicted octanol–water partition coefficient (Wildman–Crippen LogP) is 3.00. The van der Waals surface area contributed by atoms with Crippen molar-refractivity contribution < 1.29 is 17.2 Å². The van der Waals surface area contributed by atoms with Crippen LogP contribution in [0.2, 0.25) is 0 Å². The highest BCUT2D eigenvalue weighted by Crippen LogP contribution is 2.20. The average Bonchev–Trinajstić information content (AvgIpc) is 2.42. The lowest BCUT2D eigenvalue weighted by atomic mass is 10.1. The van der Waals surface area contributed by atoms with Gasteiger partial charge in [-0.05, 0) is 37.3 Å². The van der Waals surface area contributed by atoms with Crippen LogP contribution < -0.4 is 4.72 Å². The monoisotopic (exact) mass is 297 g/mol. The van der Waals surface area contributed by atoms with Crippen LogP contribution in [-0.4, -0.2) is 8.42 Å². The summed E-state index contributed by atoms with van der Waals surface area (Å²) in [5, 5.41) is 0. The molecular weight excluding hydrogens is 284 g/mol. The lowest BCUT2D eigenvalue weighted by Gasteiger charge is -2.15. The molecule has 3 nitrogen and oxygen atoms in total. The molecular formula is C14H13F2NO2S. The number of sulfonamides is 1. The highest BCUT2D eigenvalue weighted by molar-refractivity contribution is 7.89. The first kappa shape index (κ1) is 14.6. The summed E-state index contributed by atoms with van der Waals surface area (Å²) in [4.78, 5) is 0.0728. The first-order chi connectivity index (χ1) is 9.40. The van der Waals surface area contributed by atoms with Crippen molar-refractivity contribution in [2.45, 2.75) is 17.9 Å². The van der Waals surface area contributed by atoms with Crippen molar-refractivity contribution in [3.05, 3.63) is 65.7 Å². The third-order valence-electron chi connectivity index (χ3n) is 2.81. The van der Waals surface area contributed by atoms with E-state index in [1.54, 1.807) is 18.2 Å². The first-order valence-electron chi connectivity index (χ1n) is 5.92.